The monoisotopic (exact) mass is 290 g/mol. The van der Waals surface area contributed by atoms with Crippen LogP contribution < -0.4 is 0 Å². The van der Waals surface area contributed by atoms with Crippen LogP contribution in [0.1, 0.15) is 88.7 Å². The molecule has 0 bridgehead atoms. The molecule has 1 rings (SSSR count). The van der Waals surface area contributed by atoms with Gasteiger partial charge in [0.05, 0.1) is 6.61 Å². The molecule has 0 heterocycles. The van der Waals surface area contributed by atoms with E-state index in [9.17, 15) is 0 Å². The van der Waals surface area contributed by atoms with Crippen LogP contribution in [0.4, 0.5) is 0 Å². The van der Waals surface area contributed by atoms with Gasteiger partial charge in [-0.2, -0.15) is 0 Å². The summed E-state index contributed by atoms with van der Waals surface area (Å²) in [5, 5.41) is 9.01. The van der Waals surface area contributed by atoms with Gasteiger partial charge < -0.3 is 5.11 Å². The van der Waals surface area contributed by atoms with Gasteiger partial charge in [-0.25, -0.2) is 0 Å². The predicted octanol–water partition coefficient (Wildman–Crippen LogP) is 6.03. The van der Waals surface area contributed by atoms with Gasteiger partial charge in [-0.05, 0) is 24.0 Å². The highest BCUT2D eigenvalue weighted by Crippen LogP contribution is 2.13. The molecule has 21 heavy (non-hydrogen) atoms. The third-order valence-corrected chi connectivity index (χ3v) is 4.27. The van der Waals surface area contributed by atoms with Crippen molar-refractivity contribution in [2.24, 2.45) is 0 Å². The molecule has 0 spiro atoms. The van der Waals surface area contributed by atoms with Gasteiger partial charge in [0.15, 0.2) is 0 Å². The standard InChI is InChI=1S/C20H34O/c1-2-3-4-5-6-7-8-9-10-11-12-13-19-14-16-20(18-21)17-15-19/h14-17,21H,2-13,18H2,1H3. The molecule has 0 aliphatic heterocycles. The Labute approximate surface area is 131 Å². The second kappa shape index (κ2) is 12.9. The van der Waals surface area contributed by atoms with Crippen molar-refractivity contribution in [1.29, 1.82) is 0 Å². The SMILES string of the molecule is CCCCCCCCCCCCCc1ccc(CO)cc1. The molecular weight excluding hydrogens is 256 g/mol. The zero-order valence-corrected chi connectivity index (χ0v) is 13.9. The number of aryl methyl sites for hydroxylation is 1. The third-order valence-electron chi connectivity index (χ3n) is 4.27. The number of rotatable bonds is 13. The van der Waals surface area contributed by atoms with Crippen molar-refractivity contribution in [2.45, 2.75) is 90.6 Å². The number of hydrogen-bond donors (Lipinski definition) is 1. The molecular formula is C20H34O. The van der Waals surface area contributed by atoms with Gasteiger partial charge in [-0.3, -0.25) is 0 Å². The van der Waals surface area contributed by atoms with E-state index in [-0.39, 0.29) is 6.61 Å². The van der Waals surface area contributed by atoms with E-state index in [2.05, 4.69) is 19.1 Å². The minimum absolute atomic E-state index is 0.152. The fourth-order valence-corrected chi connectivity index (χ4v) is 2.80. The minimum atomic E-state index is 0.152. The number of hydrogen-bond acceptors (Lipinski definition) is 1. The van der Waals surface area contributed by atoms with Crippen LogP contribution in [0.2, 0.25) is 0 Å². The van der Waals surface area contributed by atoms with Crippen LogP contribution in [0.25, 0.3) is 0 Å². The molecule has 0 saturated heterocycles. The summed E-state index contributed by atoms with van der Waals surface area (Å²) in [6, 6.07) is 8.38. The molecule has 0 amide bonds. The zero-order valence-electron chi connectivity index (χ0n) is 13.9. The van der Waals surface area contributed by atoms with Crippen molar-refractivity contribution < 1.29 is 5.11 Å². The molecule has 1 aromatic carbocycles. The lowest BCUT2D eigenvalue weighted by molar-refractivity contribution is 0.282. The number of aliphatic hydroxyl groups is 1. The Morgan fingerprint density at radius 3 is 1.52 bits per heavy atom. The lowest BCUT2D eigenvalue weighted by Crippen LogP contribution is -1.88. The molecule has 0 atom stereocenters. The van der Waals surface area contributed by atoms with Crippen LogP contribution in [0.5, 0.6) is 0 Å². The largest absolute Gasteiger partial charge is 0.392 e. The van der Waals surface area contributed by atoms with Crippen molar-refractivity contribution in [2.75, 3.05) is 0 Å². The summed E-state index contributed by atoms with van der Waals surface area (Å²) in [7, 11) is 0. The van der Waals surface area contributed by atoms with E-state index in [1.54, 1.807) is 0 Å². The van der Waals surface area contributed by atoms with E-state index in [0.717, 1.165) is 5.56 Å². The Kier molecular flexibility index (Phi) is 11.2. The lowest BCUT2D eigenvalue weighted by Gasteiger charge is -2.04. The highest BCUT2D eigenvalue weighted by Gasteiger charge is 1.96. The first-order valence-corrected chi connectivity index (χ1v) is 9.05. The predicted molar refractivity (Wildman–Crippen MR) is 92.5 cm³/mol. The Morgan fingerprint density at radius 2 is 1.05 bits per heavy atom. The molecule has 120 valence electrons. The van der Waals surface area contributed by atoms with Crippen LogP contribution in [-0.4, -0.2) is 5.11 Å². The summed E-state index contributed by atoms with van der Waals surface area (Å²) in [6.45, 7) is 2.43. The molecule has 0 aliphatic rings. The van der Waals surface area contributed by atoms with Crippen LogP contribution in [0.15, 0.2) is 24.3 Å². The number of unbranched alkanes of at least 4 members (excludes halogenated alkanes) is 10. The maximum Gasteiger partial charge on any atom is 0.0681 e. The highest BCUT2D eigenvalue weighted by molar-refractivity contribution is 5.21. The summed E-state index contributed by atoms with van der Waals surface area (Å²) in [4.78, 5) is 0. The van der Waals surface area contributed by atoms with Gasteiger partial charge in [0.25, 0.3) is 0 Å². The van der Waals surface area contributed by atoms with Gasteiger partial charge in [-0.1, -0.05) is 95.4 Å². The minimum Gasteiger partial charge on any atom is -0.392 e. The van der Waals surface area contributed by atoms with Crippen LogP contribution >= 0.6 is 0 Å². The Bertz CT molecular complexity index is 328. The van der Waals surface area contributed by atoms with E-state index in [1.807, 2.05) is 12.1 Å². The van der Waals surface area contributed by atoms with Crippen molar-refractivity contribution in [3.63, 3.8) is 0 Å². The van der Waals surface area contributed by atoms with E-state index in [1.165, 1.54) is 82.6 Å². The summed E-state index contributed by atoms with van der Waals surface area (Å²) in [5.41, 5.74) is 2.42. The highest BCUT2D eigenvalue weighted by atomic mass is 16.3. The topological polar surface area (TPSA) is 20.2 Å². The van der Waals surface area contributed by atoms with Crippen molar-refractivity contribution in [3.8, 4) is 0 Å². The normalized spacial score (nSPS) is 11.0. The first-order chi connectivity index (χ1) is 10.4. The first-order valence-electron chi connectivity index (χ1n) is 9.05. The Hall–Kier alpha value is -0.820. The molecule has 1 aromatic rings. The molecule has 1 nitrogen and oxygen atoms in total. The summed E-state index contributed by atoms with van der Waals surface area (Å²) < 4.78 is 0. The van der Waals surface area contributed by atoms with E-state index < -0.39 is 0 Å². The van der Waals surface area contributed by atoms with Crippen molar-refractivity contribution >= 4 is 0 Å². The summed E-state index contributed by atoms with van der Waals surface area (Å²) in [5.74, 6) is 0. The van der Waals surface area contributed by atoms with Gasteiger partial charge in [0.1, 0.15) is 0 Å². The van der Waals surface area contributed by atoms with Crippen molar-refractivity contribution in [1.82, 2.24) is 0 Å². The second-order valence-electron chi connectivity index (χ2n) is 6.26. The molecule has 0 unspecified atom stereocenters. The van der Waals surface area contributed by atoms with Gasteiger partial charge in [0, 0.05) is 0 Å². The molecule has 0 aromatic heterocycles. The number of aliphatic hydroxyl groups excluding tert-OH is 1. The van der Waals surface area contributed by atoms with Crippen LogP contribution in [0.3, 0.4) is 0 Å². The van der Waals surface area contributed by atoms with Gasteiger partial charge in [-0.15, -0.1) is 0 Å². The quantitative estimate of drug-likeness (QED) is 0.440. The first kappa shape index (κ1) is 18.2. The van der Waals surface area contributed by atoms with Crippen LogP contribution in [-0.2, 0) is 13.0 Å². The lowest BCUT2D eigenvalue weighted by atomic mass is 10.0. The smallest absolute Gasteiger partial charge is 0.0681 e. The van der Waals surface area contributed by atoms with Gasteiger partial charge >= 0.3 is 0 Å². The zero-order chi connectivity index (χ0) is 15.2. The molecule has 0 aliphatic carbocycles. The Morgan fingerprint density at radius 1 is 0.619 bits per heavy atom. The average molecular weight is 290 g/mol. The van der Waals surface area contributed by atoms with E-state index in [0.29, 0.717) is 0 Å². The van der Waals surface area contributed by atoms with E-state index in [4.69, 9.17) is 5.11 Å². The Balaban J connectivity index is 1.88. The second-order valence-corrected chi connectivity index (χ2v) is 6.26. The molecule has 0 radical (unpaired) electrons. The third kappa shape index (κ3) is 9.68. The molecule has 0 saturated carbocycles. The van der Waals surface area contributed by atoms with Gasteiger partial charge in [0.2, 0.25) is 0 Å². The summed E-state index contributed by atoms with van der Waals surface area (Å²) in [6.07, 6.45) is 16.6. The van der Waals surface area contributed by atoms with E-state index >= 15 is 0 Å². The molecule has 1 heteroatoms. The summed E-state index contributed by atoms with van der Waals surface area (Å²) >= 11 is 0. The maximum absolute atomic E-state index is 9.01. The molecule has 0 fully saturated rings. The number of benzene rings is 1. The fourth-order valence-electron chi connectivity index (χ4n) is 2.80. The molecule has 1 N–H and O–H groups in total. The fraction of sp³-hybridized carbons (Fsp3) is 0.700. The maximum atomic E-state index is 9.01. The van der Waals surface area contributed by atoms with Crippen molar-refractivity contribution in [3.05, 3.63) is 35.4 Å². The van der Waals surface area contributed by atoms with Crippen LogP contribution in [0, 0.1) is 0 Å². The average Bonchev–Trinajstić information content (AvgIpc) is 2.53.